The lowest BCUT2D eigenvalue weighted by Crippen LogP contribution is -2.18. The molecule has 0 unspecified atom stereocenters. The van der Waals surface area contributed by atoms with Crippen LogP contribution in [-0.4, -0.2) is 25.8 Å². The van der Waals surface area contributed by atoms with E-state index in [-0.39, 0.29) is 10.6 Å². The van der Waals surface area contributed by atoms with Crippen molar-refractivity contribution in [3.8, 4) is 0 Å². The molecule has 0 saturated carbocycles. The fourth-order valence-corrected chi connectivity index (χ4v) is 3.09. The zero-order valence-corrected chi connectivity index (χ0v) is 14.6. The fourth-order valence-electron chi connectivity index (χ4n) is 1.87. The van der Waals surface area contributed by atoms with E-state index in [2.05, 4.69) is 9.93 Å². The summed E-state index contributed by atoms with van der Waals surface area (Å²) >= 11 is 1.60. The van der Waals surface area contributed by atoms with Gasteiger partial charge in [-0.2, -0.15) is 13.5 Å². The van der Waals surface area contributed by atoms with E-state index < -0.39 is 14.9 Å². The molecule has 0 radical (unpaired) electrons. The van der Waals surface area contributed by atoms with Gasteiger partial charge < -0.3 is 0 Å². The van der Waals surface area contributed by atoms with Crippen LogP contribution in [0.25, 0.3) is 0 Å². The number of nitrogens with one attached hydrogen (secondary N) is 1. The van der Waals surface area contributed by atoms with Gasteiger partial charge in [-0.1, -0.05) is 18.2 Å². The lowest BCUT2D eigenvalue weighted by Gasteiger charge is -2.04. The number of hydrogen-bond donors (Lipinski definition) is 1. The van der Waals surface area contributed by atoms with Crippen LogP contribution in [0.5, 0.6) is 0 Å². The quantitative estimate of drug-likeness (QED) is 0.367. The number of aryl methyl sites for hydroxylation is 1. The molecule has 0 aliphatic carbocycles. The summed E-state index contributed by atoms with van der Waals surface area (Å²) in [5.74, 6) is 0. The van der Waals surface area contributed by atoms with E-state index in [1.807, 2.05) is 18.4 Å². The van der Waals surface area contributed by atoms with Crippen LogP contribution in [0.4, 0.5) is 5.69 Å². The summed E-state index contributed by atoms with van der Waals surface area (Å²) in [5, 5.41) is 14.6. The maximum atomic E-state index is 12.2. The Morgan fingerprint density at radius 2 is 1.88 bits per heavy atom. The minimum Gasteiger partial charge on any atom is -0.258 e. The van der Waals surface area contributed by atoms with Gasteiger partial charge in [-0.25, -0.2) is 4.83 Å². The molecule has 0 bridgehead atoms. The molecule has 0 heterocycles. The predicted octanol–water partition coefficient (Wildman–Crippen LogP) is 2.94. The predicted molar refractivity (Wildman–Crippen MR) is 94.0 cm³/mol. The second-order valence-corrected chi connectivity index (χ2v) is 7.37. The minimum absolute atomic E-state index is 0.213. The Hall–Kier alpha value is -2.39. The summed E-state index contributed by atoms with van der Waals surface area (Å²) in [6, 6.07) is 11.1. The molecule has 0 saturated heterocycles. The van der Waals surface area contributed by atoms with Crippen molar-refractivity contribution in [3.05, 3.63) is 63.7 Å². The molecule has 24 heavy (non-hydrogen) atoms. The third kappa shape index (κ3) is 4.33. The molecule has 0 aliphatic rings. The highest BCUT2D eigenvalue weighted by Gasteiger charge is 2.19. The summed E-state index contributed by atoms with van der Waals surface area (Å²) in [6.45, 7) is 1.54. The lowest BCUT2D eigenvalue weighted by molar-refractivity contribution is -0.385. The number of rotatable bonds is 6. The number of thioether (sulfide) groups is 1. The number of hydrazone groups is 1. The van der Waals surface area contributed by atoms with Crippen molar-refractivity contribution < 1.29 is 13.3 Å². The summed E-state index contributed by atoms with van der Waals surface area (Å²) < 4.78 is 24.3. The first kappa shape index (κ1) is 18.0. The Balaban J connectivity index is 2.17. The highest BCUT2D eigenvalue weighted by Crippen LogP contribution is 2.22. The van der Waals surface area contributed by atoms with E-state index in [1.165, 1.54) is 18.3 Å². The molecule has 1 N–H and O–H groups in total. The maximum Gasteiger partial charge on any atom is 0.276 e. The second-order valence-electron chi connectivity index (χ2n) is 4.83. The molecule has 0 aliphatic heterocycles. The van der Waals surface area contributed by atoms with Crippen molar-refractivity contribution >= 4 is 33.7 Å². The third-order valence-corrected chi connectivity index (χ3v) is 5.15. The molecule has 0 fully saturated rings. The number of nitro groups is 1. The van der Waals surface area contributed by atoms with Gasteiger partial charge in [0.15, 0.2) is 0 Å². The van der Waals surface area contributed by atoms with E-state index in [4.69, 9.17) is 0 Å². The minimum atomic E-state index is -3.97. The number of hydrogen-bond acceptors (Lipinski definition) is 6. The van der Waals surface area contributed by atoms with Crippen LogP contribution in [0.1, 0.15) is 11.1 Å². The van der Waals surface area contributed by atoms with E-state index in [9.17, 15) is 18.5 Å². The Bertz CT molecular complexity index is 878. The molecule has 0 atom stereocenters. The molecular weight excluding hydrogens is 350 g/mol. The zero-order chi connectivity index (χ0) is 17.7. The Kier molecular flexibility index (Phi) is 5.58. The first-order valence-electron chi connectivity index (χ1n) is 6.77. The van der Waals surface area contributed by atoms with Crippen molar-refractivity contribution in [1.29, 1.82) is 0 Å². The van der Waals surface area contributed by atoms with E-state index in [0.29, 0.717) is 5.56 Å². The molecule has 126 valence electrons. The van der Waals surface area contributed by atoms with Crippen LogP contribution in [0, 0.1) is 17.0 Å². The van der Waals surface area contributed by atoms with Crippen molar-refractivity contribution in [2.75, 3.05) is 6.26 Å². The smallest absolute Gasteiger partial charge is 0.258 e. The topological polar surface area (TPSA) is 102 Å². The molecule has 0 amide bonds. The van der Waals surface area contributed by atoms with Gasteiger partial charge in [-0.15, -0.1) is 11.8 Å². The van der Waals surface area contributed by atoms with E-state index >= 15 is 0 Å². The highest BCUT2D eigenvalue weighted by atomic mass is 32.2. The van der Waals surface area contributed by atoms with Gasteiger partial charge in [-0.05, 0) is 36.9 Å². The van der Waals surface area contributed by atoms with Gasteiger partial charge in [0.25, 0.3) is 15.7 Å². The summed E-state index contributed by atoms with van der Waals surface area (Å²) in [6.07, 6.45) is 3.32. The standard InChI is InChI=1S/C15H15N3O4S2/c1-11-3-8-14(9-15(11)18(19)20)24(21,22)17-16-10-12-4-6-13(23-2)7-5-12/h3-10,17H,1-2H3. The number of nitro benzene ring substituents is 1. The number of nitrogens with zero attached hydrogens (tertiary/aromatic N) is 2. The fraction of sp³-hybridized carbons (Fsp3) is 0.133. The number of benzene rings is 2. The van der Waals surface area contributed by atoms with Crippen molar-refractivity contribution in [2.24, 2.45) is 5.10 Å². The van der Waals surface area contributed by atoms with Crippen LogP contribution in [0.3, 0.4) is 0 Å². The van der Waals surface area contributed by atoms with Crippen LogP contribution in [-0.2, 0) is 10.0 Å². The zero-order valence-electron chi connectivity index (χ0n) is 13.0. The van der Waals surface area contributed by atoms with Crippen molar-refractivity contribution in [2.45, 2.75) is 16.7 Å². The van der Waals surface area contributed by atoms with Gasteiger partial charge in [0.1, 0.15) is 0 Å². The average molecular weight is 365 g/mol. The van der Waals surface area contributed by atoms with Crippen molar-refractivity contribution in [3.63, 3.8) is 0 Å². The van der Waals surface area contributed by atoms with Gasteiger partial charge >= 0.3 is 0 Å². The van der Waals surface area contributed by atoms with Gasteiger partial charge in [0.05, 0.1) is 16.0 Å². The SMILES string of the molecule is CSc1ccc(C=NNS(=O)(=O)c2ccc(C)c([N+](=O)[O-])c2)cc1. The first-order chi connectivity index (χ1) is 11.3. The third-order valence-electron chi connectivity index (χ3n) is 3.19. The van der Waals surface area contributed by atoms with Crippen molar-refractivity contribution in [1.82, 2.24) is 4.83 Å². The Labute approximate surface area is 144 Å². The van der Waals surface area contributed by atoms with E-state index in [0.717, 1.165) is 16.5 Å². The Morgan fingerprint density at radius 3 is 2.46 bits per heavy atom. The summed E-state index contributed by atoms with van der Waals surface area (Å²) in [7, 11) is -3.97. The van der Waals surface area contributed by atoms with Crippen LogP contribution >= 0.6 is 11.8 Å². The highest BCUT2D eigenvalue weighted by molar-refractivity contribution is 7.98. The molecule has 0 aromatic heterocycles. The normalized spacial score (nSPS) is 11.6. The maximum absolute atomic E-state index is 12.2. The lowest BCUT2D eigenvalue weighted by atomic mass is 10.2. The molecule has 7 nitrogen and oxygen atoms in total. The second kappa shape index (κ2) is 7.45. The van der Waals surface area contributed by atoms with Gasteiger partial charge in [0.2, 0.25) is 0 Å². The molecule has 9 heteroatoms. The van der Waals surface area contributed by atoms with Crippen LogP contribution in [0.2, 0.25) is 0 Å². The van der Waals surface area contributed by atoms with Gasteiger partial charge in [0, 0.05) is 16.5 Å². The monoisotopic (exact) mass is 365 g/mol. The largest absolute Gasteiger partial charge is 0.276 e. The number of sulfonamides is 1. The molecule has 0 spiro atoms. The van der Waals surface area contributed by atoms with E-state index in [1.54, 1.807) is 30.8 Å². The molecular formula is C15H15N3O4S2. The van der Waals surface area contributed by atoms with Crippen LogP contribution < -0.4 is 4.83 Å². The average Bonchev–Trinajstić information content (AvgIpc) is 2.55. The summed E-state index contributed by atoms with van der Waals surface area (Å²) in [5.41, 5.74) is 0.858. The Morgan fingerprint density at radius 1 is 1.21 bits per heavy atom. The summed E-state index contributed by atoms with van der Waals surface area (Å²) in [4.78, 5) is 13.2. The molecule has 2 aromatic carbocycles. The molecule has 2 rings (SSSR count). The first-order valence-corrected chi connectivity index (χ1v) is 9.48. The van der Waals surface area contributed by atoms with Crippen LogP contribution in [0.15, 0.2) is 57.4 Å². The molecule has 2 aromatic rings. The van der Waals surface area contributed by atoms with Gasteiger partial charge in [-0.3, -0.25) is 10.1 Å².